The van der Waals surface area contributed by atoms with E-state index in [1.54, 1.807) is 6.07 Å². The molecule has 0 aromatic heterocycles. The van der Waals surface area contributed by atoms with Crippen LogP contribution in [-0.4, -0.2) is 21.2 Å². The minimum atomic E-state index is -3.14. The summed E-state index contributed by atoms with van der Waals surface area (Å²) >= 11 is 0. The molecule has 2 N–H and O–H groups in total. The summed E-state index contributed by atoms with van der Waals surface area (Å²) in [4.78, 5) is 0.401. The van der Waals surface area contributed by atoms with Crippen molar-refractivity contribution >= 4 is 9.84 Å². The number of nitrogens with two attached hydrogens (primary N) is 1. The fourth-order valence-corrected chi connectivity index (χ4v) is 3.56. The topological polar surface area (TPSA) is 60.2 Å². The van der Waals surface area contributed by atoms with Crippen molar-refractivity contribution in [3.8, 4) is 0 Å². The first kappa shape index (κ1) is 13.6. The standard InChI is InChI=1S/C14H21NO2S/c1-18(16,17)13-7-5-6-12(10-13)14(11-15)8-3-2-4-9-14/h5-7,10H,2-4,8-9,11,15H2,1H3. The van der Waals surface area contributed by atoms with E-state index in [2.05, 4.69) is 0 Å². The molecule has 0 atom stereocenters. The minimum Gasteiger partial charge on any atom is -0.330 e. The van der Waals surface area contributed by atoms with E-state index < -0.39 is 9.84 Å². The van der Waals surface area contributed by atoms with Crippen molar-refractivity contribution in [3.05, 3.63) is 29.8 Å². The van der Waals surface area contributed by atoms with Gasteiger partial charge in [-0.25, -0.2) is 8.42 Å². The van der Waals surface area contributed by atoms with Crippen LogP contribution in [0.4, 0.5) is 0 Å². The van der Waals surface area contributed by atoms with Crippen molar-refractivity contribution < 1.29 is 8.42 Å². The van der Waals surface area contributed by atoms with E-state index in [1.165, 1.54) is 25.5 Å². The highest BCUT2D eigenvalue weighted by atomic mass is 32.2. The van der Waals surface area contributed by atoms with Crippen molar-refractivity contribution in [3.63, 3.8) is 0 Å². The number of benzene rings is 1. The Balaban J connectivity index is 2.43. The molecule has 0 unspecified atom stereocenters. The second-order valence-corrected chi connectivity index (χ2v) is 7.36. The van der Waals surface area contributed by atoms with E-state index >= 15 is 0 Å². The Morgan fingerprint density at radius 2 is 1.89 bits per heavy atom. The highest BCUT2D eigenvalue weighted by Crippen LogP contribution is 2.39. The number of hydrogen-bond acceptors (Lipinski definition) is 3. The van der Waals surface area contributed by atoms with Gasteiger partial charge in [0, 0.05) is 18.2 Å². The van der Waals surface area contributed by atoms with Crippen molar-refractivity contribution in [2.45, 2.75) is 42.4 Å². The van der Waals surface area contributed by atoms with Crippen LogP contribution in [0.3, 0.4) is 0 Å². The van der Waals surface area contributed by atoms with Gasteiger partial charge in [0.1, 0.15) is 0 Å². The van der Waals surface area contributed by atoms with Gasteiger partial charge in [-0.1, -0.05) is 31.4 Å². The van der Waals surface area contributed by atoms with Crippen LogP contribution in [0.25, 0.3) is 0 Å². The van der Waals surface area contributed by atoms with Gasteiger partial charge in [0.05, 0.1) is 4.90 Å². The summed E-state index contributed by atoms with van der Waals surface area (Å²) in [6.07, 6.45) is 7.00. The Labute approximate surface area is 109 Å². The zero-order valence-electron chi connectivity index (χ0n) is 10.9. The fraction of sp³-hybridized carbons (Fsp3) is 0.571. The first-order valence-electron chi connectivity index (χ1n) is 6.49. The summed E-state index contributed by atoms with van der Waals surface area (Å²) in [5, 5.41) is 0. The molecule has 18 heavy (non-hydrogen) atoms. The zero-order valence-corrected chi connectivity index (χ0v) is 11.7. The van der Waals surface area contributed by atoms with E-state index in [4.69, 9.17) is 5.73 Å². The summed E-state index contributed by atoms with van der Waals surface area (Å²) in [5.74, 6) is 0. The number of hydrogen-bond donors (Lipinski definition) is 1. The molecular formula is C14H21NO2S. The molecule has 1 aromatic rings. The predicted octanol–water partition coefficient (Wildman–Crippen LogP) is 2.25. The lowest BCUT2D eigenvalue weighted by Crippen LogP contribution is -2.37. The molecule has 0 aliphatic heterocycles. The molecule has 1 fully saturated rings. The predicted molar refractivity (Wildman–Crippen MR) is 73.4 cm³/mol. The molecule has 1 aliphatic rings. The lowest BCUT2D eigenvalue weighted by molar-refractivity contribution is 0.300. The molecule has 1 aliphatic carbocycles. The molecule has 100 valence electrons. The van der Waals surface area contributed by atoms with Crippen LogP contribution in [-0.2, 0) is 15.3 Å². The van der Waals surface area contributed by atoms with Gasteiger partial charge in [0.25, 0.3) is 0 Å². The average Bonchev–Trinajstić information content (AvgIpc) is 2.39. The lowest BCUT2D eigenvalue weighted by atomic mass is 9.69. The third-order valence-corrected chi connectivity index (χ3v) is 5.19. The summed E-state index contributed by atoms with van der Waals surface area (Å²) in [6, 6.07) is 7.32. The van der Waals surface area contributed by atoms with E-state index in [9.17, 15) is 8.42 Å². The SMILES string of the molecule is CS(=O)(=O)c1cccc(C2(CN)CCCCC2)c1. The van der Waals surface area contributed by atoms with Gasteiger partial charge in [-0.05, 0) is 30.5 Å². The molecule has 4 heteroatoms. The average molecular weight is 267 g/mol. The van der Waals surface area contributed by atoms with Gasteiger partial charge >= 0.3 is 0 Å². The highest BCUT2D eigenvalue weighted by molar-refractivity contribution is 7.90. The van der Waals surface area contributed by atoms with Crippen LogP contribution in [0.5, 0.6) is 0 Å². The normalized spacial score (nSPS) is 19.7. The monoisotopic (exact) mass is 267 g/mol. The minimum absolute atomic E-state index is 0.0149. The van der Waals surface area contributed by atoms with Gasteiger partial charge in [-0.15, -0.1) is 0 Å². The molecule has 0 radical (unpaired) electrons. The van der Waals surface area contributed by atoms with Crippen LogP contribution in [0, 0.1) is 0 Å². The molecule has 1 saturated carbocycles. The van der Waals surface area contributed by atoms with Crippen molar-refractivity contribution in [1.29, 1.82) is 0 Å². The molecule has 0 heterocycles. The van der Waals surface area contributed by atoms with Crippen molar-refractivity contribution in [1.82, 2.24) is 0 Å². The van der Waals surface area contributed by atoms with Crippen molar-refractivity contribution in [2.24, 2.45) is 5.73 Å². The Morgan fingerprint density at radius 3 is 2.44 bits per heavy atom. The smallest absolute Gasteiger partial charge is 0.175 e. The Morgan fingerprint density at radius 1 is 1.22 bits per heavy atom. The summed E-state index contributed by atoms with van der Waals surface area (Å²) in [5.41, 5.74) is 7.06. The fourth-order valence-electron chi connectivity index (χ4n) is 2.90. The van der Waals surface area contributed by atoms with E-state index in [1.807, 2.05) is 18.2 Å². The largest absolute Gasteiger partial charge is 0.330 e. The van der Waals surface area contributed by atoms with Gasteiger partial charge in [-0.3, -0.25) is 0 Å². The van der Waals surface area contributed by atoms with Crippen LogP contribution >= 0.6 is 0 Å². The Bertz CT molecular complexity index is 516. The van der Waals surface area contributed by atoms with E-state index in [-0.39, 0.29) is 5.41 Å². The van der Waals surface area contributed by atoms with Gasteiger partial charge in [0.2, 0.25) is 0 Å². The Hall–Kier alpha value is -0.870. The van der Waals surface area contributed by atoms with Gasteiger partial charge in [-0.2, -0.15) is 0 Å². The Kier molecular flexibility index (Phi) is 3.78. The van der Waals surface area contributed by atoms with E-state index in [0.29, 0.717) is 11.4 Å². The maximum absolute atomic E-state index is 11.6. The molecule has 0 bridgehead atoms. The van der Waals surface area contributed by atoms with Crippen molar-refractivity contribution in [2.75, 3.05) is 12.8 Å². The third kappa shape index (κ3) is 2.59. The van der Waals surface area contributed by atoms with Crippen LogP contribution in [0.15, 0.2) is 29.2 Å². The number of sulfone groups is 1. The molecule has 0 amide bonds. The van der Waals surface area contributed by atoms with Gasteiger partial charge in [0.15, 0.2) is 9.84 Å². The molecule has 2 rings (SSSR count). The first-order chi connectivity index (χ1) is 8.48. The number of rotatable bonds is 3. The zero-order chi connectivity index (χ0) is 13.2. The summed E-state index contributed by atoms with van der Waals surface area (Å²) in [7, 11) is -3.14. The third-order valence-electron chi connectivity index (χ3n) is 4.08. The van der Waals surface area contributed by atoms with E-state index in [0.717, 1.165) is 18.4 Å². The van der Waals surface area contributed by atoms with Gasteiger partial charge < -0.3 is 5.73 Å². The molecule has 0 spiro atoms. The quantitative estimate of drug-likeness (QED) is 0.913. The molecule has 0 saturated heterocycles. The lowest BCUT2D eigenvalue weighted by Gasteiger charge is -2.37. The highest BCUT2D eigenvalue weighted by Gasteiger charge is 2.32. The van der Waals surface area contributed by atoms with Crippen LogP contribution in [0.2, 0.25) is 0 Å². The van der Waals surface area contributed by atoms with Crippen LogP contribution in [0.1, 0.15) is 37.7 Å². The maximum Gasteiger partial charge on any atom is 0.175 e. The molecule has 3 nitrogen and oxygen atoms in total. The first-order valence-corrected chi connectivity index (χ1v) is 8.38. The summed E-state index contributed by atoms with van der Waals surface area (Å²) < 4.78 is 23.3. The second kappa shape index (κ2) is 5.02. The maximum atomic E-state index is 11.6. The molecule has 1 aromatic carbocycles. The van der Waals surface area contributed by atoms with Crippen LogP contribution < -0.4 is 5.73 Å². The molecular weight excluding hydrogens is 246 g/mol. The second-order valence-electron chi connectivity index (χ2n) is 5.35. The summed E-state index contributed by atoms with van der Waals surface area (Å²) in [6.45, 7) is 0.597.